The van der Waals surface area contributed by atoms with Gasteiger partial charge in [0.1, 0.15) is 18.4 Å². The number of carbonyl (C=O) groups excluding carboxylic acids is 2. The number of Topliss-reactive ketones (excluding diaryl/α,β-unsaturated/α-hetero) is 1. The molecule has 1 atom stereocenters. The molecule has 0 aliphatic carbocycles. The van der Waals surface area contributed by atoms with Gasteiger partial charge in [-0.25, -0.2) is 0 Å². The van der Waals surface area contributed by atoms with Gasteiger partial charge < -0.3 is 14.8 Å². The van der Waals surface area contributed by atoms with Crippen LogP contribution in [0.1, 0.15) is 54.9 Å². The summed E-state index contributed by atoms with van der Waals surface area (Å²) in [6, 6.07) is 10.8. The molecule has 1 fully saturated rings. The van der Waals surface area contributed by atoms with Crippen molar-refractivity contribution >= 4 is 33.9 Å². The van der Waals surface area contributed by atoms with Crippen LogP contribution in [0.25, 0.3) is 10.8 Å². The lowest BCUT2D eigenvalue weighted by atomic mass is 9.86. The summed E-state index contributed by atoms with van der Waals surface area (Å²) in [7, 11) is 1.75. The van der Waals surface area contributed by atoms with E-state index in [0.717, 1.165) is 41.9 Å². The number of benzene rings is 2. The minimum atomic E-state index is -0.636. The maximum Gasteiger partial charge on any atom is 0.294 e. The van der Waals surface area contributed by atoms with E-state index in [0.29, 0.717) is 18.7 Å². The quantitative estimate of drug-likeness (QED) is 0.530. The Labute approximate surface area is 226 Å². The molecule has 1 N–H and O–H groups in total. The van der Waals surface area contributed by atoms with Crippen LogP contribution in [-0.2, 0) is 14.3 Å². The van der Waals surface area contributed by atoms with Gasteiger partial charge in [-0.2, -0.15) is 5.10 Å². The third-order valence-electron chi connectivity index (χ3n) is 7.07. The van der Waals surface area contributed by atoms with Crippen LogP contribution < -0.4 is 10.1 Å². The second-order valence-electron chi connectivity index (χ2n) is 12.7. The smallest absolute Gasteiger partial charge is 0.294 e. The Hall–Kier alpha value is -2.97. The number of nitrogens with one attached hydrogen (secondary N) is 1. The predicted octanol–water partition coefficient (Wildman–Crippen LogP) is 4.72. The minimum Gasteiger partial charge on any atom is -0.492 e. The number of carbonyl (C=O) groups is 2. The molecule has 0 spiro atoms. The summed E-state index contributed by atoms with van der Waals surface area (Å²) in [5.41, 5.74) is 0.932. The molecular weight excluding hydrogens is 480 g/mol. The van der Waals surface area contributed by atoms with Crippen LogP contribution in [0.3, 0.4) is 0 Å². The van der Waals surface area contributed by atoms with Gasteiger partial charge in [0, 0.05) is 60.7 Å². The number of hydrogen-bond donors (Lipinski definition) is 1. The Bertz CT molecular complexity index is 1230. The van der Waals surface area contributed by atoms with Crippen LogP contribution in [0.15, 0.2) is 41.5 Å². The molecule has 2 heterocycles. The summed E-state index contributed by atoms with van der Waals surface area (Å²) in [6.45, 7) is 17.7. The fraction of sp³-hybridized carbons (Fsp3) is 0.567. The highest BCUT2D eigenvalue weighted by molar-refractivity contribution is 6.43. The number of rotatable bonds is 7. The van der Waals surface area contributed by atoms with E-state index in [-0.39, 0.29) is 16.6 Å². The van der Waals surface area contributed by atoms with E-state index in [4.69, 9.17) is 9.47 Å². The monoisotopic (exact) mass is 522 g/mol. The summed E-state index contributed by atoms with van der Waals surface area (Å²) in [5.74, 6) is -0.379. The highest BCUT2D eigenvalue weighted by Crippen LogP contribution is 2.33. The van der Waals surface area contributed by atoms with E-state index in [1.165, 1.54) is 0 Å². The van der Waals surface area contributed by atoms with Crippen molar-refractivity contribution in [2.24, 2.45) is 10.5 Å². The second kappa shape index (κ2) is 10.3. The Morgan fingerprint density at radius 3 is 2.29 bits per heavy atom. The van der Waals surface area contributed by atoms with Crippen molar-refractivity contribution in [1.29, 1.82) is 0 Å². The van der Waals surface area contributed by atoms with Gasteiger partial charge in [0.2, 0.25) is 5.78 Å². The van der Waals surface area contributed by atoms with E-state index in [1.807, 2.05) is 30.3 Å². The molecular formula is C30H42N4O4. The van der Waals surface area contributed by atoms with Gasteiger partial charge in [0.25, 0.3) is 5.91 Å². The van der Waals surface area contributed by atoms with E-state index in [9.17, 15) is 9.59 Å². The van der Waals surface area contributed by atoms with Gasteiger partial charge in [0.15, 0.2) is 0 Å². The predicted molar refractivity (Wildman–Crippen MR) is 152 cm³/mol. The van der Waals surface area contributed by atoms with Gasteiger partial charge in [-0.3, -0.25) is 19.5 Å². The third-order valence-corrected chi connectivity index (χ3v) is 7.07. The Kier molecular flexibility index (Phi) is 7.60. The number of fused-ring (bicyclic) bond motifs is 1. The number of ether oxygens (including phenoxy) is 2. The molecule has 0 bridgehead atoms. The summed E-state index contributed by atoms with van der Waals surface area (Å²) < 4.78 is 12.4. The van der Waals surface area contributed by atoms with Crippen molar-refractivity contribution in [3.8, 4) is 5.75 Å². The number of likely N-dealkylation sites (N-methyl/N-ethyl adjacent to an activating group) is 1. The largest absolute Gasteiger partial charge is 0.492 e. The molecule has 0 aromatic heterocycles. The average molecular weight is 523 g/mol. The highest BCUT2D eigenvalue weighted by atomic mass is 16.5. The first kappa shape index (κ1) is 28.0. The molecule has 0 radical (unpaired) electrons. The molecule has 4 rings (SSSR count). The van der Waals surface area contributed by atoms with Crippen molar-refractivity contribution in [3.05, 3.63) is 36.4 Å². The van der Waals surface area contributed by atoms with Gasteiger partial charge in [-0.15, -0.1) is 0 Å². The first-order valence-corrected chi connectivity index (χ1v) is 13.4. The first-order valence-electron chi connectivity index (χ1n) is 13.4. The van der Waals surface area contributed by atoms with Crippen LogP contribution in [0.4, 0.5) is 5.69 Å². The zero-order valence-corrected chi connectivity index (χ0v) is 24.1. The highest BCUT2D eigenvalue weighted by Gasteiger charge is 2.39. The Morgan fingerprint density at radius 1 is 1.05 bits per heavy atom. The van der Waals surface area contributed by atoms with E-state index in [2.05, 4.69) is 63.8 Å². The second-order valence-corrected chi connectivity index (χ2v) is 12.7. The number of hydrazone groups is 1. The lowest BCUT2D eigenvalue weighted by Gasteiger charge is -2.47. The maximum absolute atomic E-state index is 13.1. The van der Waals surface area contributed by atoms with Crippen LogP contribution in [0.5, 0.6) is 5.75 Å². The van der Waals surface area contributed by atoms with Crippen LogP contribution in [0, 0.1) is 5.41 Å². The Balaban J connectivity index is 1.43. The van der Waals surface area contributed by atoms with Crippen molar-refractivity contribution in [1.82, 2.24) is 9.91 Å². The van der Waals surface area contributed by atoms with Crippen molar-refractivity contribution in [2.45, 2.75) is 72.1 Å². The topological polar surface area (TPSA) is 83.5 Å². The van der Waals surface area contributed by atoms with Gasteiger partial charge in [-0.05, 0) is 39.8 Å². The molecule has 2 aromatic carbocycles. The van der Waals surface area contributed by atoms with Crippen LogP contribution in [0.2, 0.25) is 0 Å². The van der Waals surface area contributed by atoms with Gasteiger partial charge >= 0.3 is 0 Å². The van der Waals surface area contributed by atoms with Crippen molar-refractivity contribution in [2.75, 3.05) is 38.6 Å². The minimum absolute atomic E-state index is 0.153. The van der Waals surface area contributed by atoms with E-state index in [1.54, 1.807) is 18.1 Å². The standard InChI is InChI=1S/C30H42N4O4/c1-28(2,3)25-17-23(33(8)32-25)26(35)27(36)31-22-13-14-24(21-12-10-9-11-20(21)22)37-16-15-34-18-29(4,5)38-30(6,7)19-34/h9-14,23H,15-19H2,1-8H3,(H,31,36). The van der Waals surface area contributed by atoms with Crippen molar-refractivity contribution in [3.63, 3.8) is 0 Å². The van der Waals surface area contributed by atoms with E-state index >= 15 is 0 Å². The van der Waals surface area contributed by atoms with Gasteiger partial charge in [0.05, 0.1) is 11.2 Å². The molecule has 206 valence electrons. The molecule has 0 saturated carbocycles. The first-order chi connectivity index (χ1) is 17.7. The molecule has 2 aliphatic rings. The molecule has 1 unspecified atom stereocenters. The summed E-state index contributed by atoms with van der Waals surface area (Å²) in [5, 5.41) is 10.7. The molecule has 1 amide bonds. The molecule has 2 aliphatic heterocycles. The number of ketones is 1. The molecule has 8 nitrogen and oxygen atoms in total. The lowest BCUT2D eigenvalue weighted by Crippen LogP contribution is -2.57. The third kappa shape index (κ3) is 6.35. The summed E-state index contributed by atoms with van der Waals surface area (Å²) >= 11 is 0. The van der Waals surface area contributed by atoms with Gasteiger partial charge in [-0.1, -0.05) is 45.0 Å². The SMILES string of the molecule is CN1N=C(C(C)(C)C)CC1C(=O)C(=O)Nc1ccc(OCCN2CC(C)(C)OC(C)(C)C2)c2ccccc12. The molecule has 2 aromatic rings. The van der Waals surface area contributed by atoms with Crippen LogP contribution in [-0.4, -0.2) is 77.8 Å². The fourth-order valence-corrected chi connectivity index (χ4v) is 5.56. The maximum atomic E-state index is 13.1. The van der Waals surface area contributed by atoms with E-state index < -0.39 is 17.7 Å². The Morgan fingerprint density at radius 2 is 1.68 bits per heavy atom. The number of amides is 1. The number of anilines is 1. The number of hydrogen-bond acceptors (Lipinski definition) is 7. The molecule has 1 saturated heterocycles. The van der Waals surface area contributed by atoms with Crippen molar-refractivity contribution < 1.29 is 19.1 Å². The van der Waals surface area contributed by atoms with Crippen LogP contribution >= 0.6 is 0 Å². The zero-order valence-electron chi connectivity index (χ0n) is 24.1. The number of nitrogens with zero attached hydrogens (tertiary/aromatic N) is 3. The number of morpholine rings is 1. The summed E-state index contributed by atoms with van der Waals surface area (Å²) in [4.78, 5) is 28.4. The summed E-state index contributed by atoms with van der Waals surface area (Å²) in [6.07, 6.45) is 0.456. The fourth-order valence-electron chi connectivity index (χ4n) is 5.56. The zero-order chi connectivity index (χ0) is 27.9. The lowest BCUT2D eigenvalue weighted by molar-refractivity contribution is -0.181. The average Bonchev–Trinajstić information content (AvgIpc) is 3.20. The molecule has 8 heteroatoms. The normalized spacial score (nSPS) is 21.3. The molecule has 38 heavy (non-hydrogen) atoms.